The second kappa shape index (κ2) is 6.12. The first-order valence-corrected chi connectivity index (χ1v) is 7.12. The fourth-order valence-corrected chi connectivity index (χ4v) is 2.50. The van der Waals surface area contributed by atoms with Crippen LogP contribution in [0, 0.1) is 5.41 Å². The highest BCUT2D eigenvalue weighted by Crippen LogP contribution is 2.27. The fourth-order valence-electron chi connectivity index (χ4n) is 2.50. The van der Waals surface area contributed by atoms with Gasteiger partial charge in [-0.1, -0.05) is 0 Å². The molecule has 116 valence electrons. The zero-order chi connectivity index (χ0) is 15.6. The number of rotatable bonds is 4. The van der Waals surface area contributed by atoms with Gasteiger partial charge in [0.15, 0.2) is 0 Å². The van der Waals surface area contributed by atoms with E-state index >= 15 is 0 Å². The van der Waals surface area contributed by atoms with Crippen LogP contribution in [-0.4, -0.2) is 48.7 Å². The molecule has 0 spiro atoms. The van der Waals surface area contributed by atoms with Gasteiger partial charge < -0.3 is 9.47 Å². The molecule has 1 aliphatic rings. The van der Waals surface area contributed by atoms with E-state index in [4.69, 9.17) is 9.47 Å². The van der Waals surface area contributed by atoms with Gasteiger partial charge in [0.05, 0.1) is 12.5 Å². The van der Waals surface area contributed by atoms with Gasteiger partial charge in [-0.2, -0.15) is 0 Å². The topological polar surface area (TPSA) is 55.8 Å². The molecule has 0 amide bonds. The molecule has 1 aliphatic heterocycles. The average molecular weight is 285 g/mol. The number of carbonyl (C=O) groups is 2. The highest BCUT2D eigenvalue weighted by Gasteiger charge is 2.39. The number of carbonyl (C=O) groups excluding carboxylic acids is 2. The summed E-state index contributed by atoms with van der Waals surface area (Å²) in [7, 11) is 1.39. The summed E-state index contributed by atoms with van der Waals surface area (Å²) in [5.74, 6) is -0.456. The third-order valence-corrected chi connectivity index (χ3v) is 3.38. The molecule has 0 radical (unpaired) electrons. The number of likely N-dealkylation sites (tertiary alicyclic amines) is 1. The van der Waals surface area contributed by atoms with Crippen LogP contribution in [0.4, 0.5) is 0 Å². The molecule has 0 bridgehead atoms. The van der Waals surface area contributed by atoms with Crippen LogP contribution in [0.15, 0.2) is 0 Å². The number of nitrogens with zero attached hydrogens (tertiary/aromatic N) is 1. The summed E-state index contributed by atoms with van der Waals surface area (Å²) in [6.45, 7) is 10.6. The van der Waals surface area contributed by atoms with Gasteiger partial charge in [0, 0.05) is 6.54 Å². The minimum atomic E-state index is -0.626. The number of hydrogen-bond donors (Lipinski definition) is 0. The van der Waals surface area contributed by atoms with Crippen molar-refractivity contribution in [3.8, 4) is 0 Å². The third kappa shape index (κ3) is 4.47. The van der Waals surface area contributed by atoms with Gasteiger partial charge in [0.25, 0.3) is 0 Å². The molecule has 1 heterocycles. The first-order chi connectivity index (χ1) is 9.07. The second-order valence-electron chi connectivity index (χ2n) is 7.04. The Kier molecular flexibility index (Phi) is 5.19. The Bertz CT molecular complexity index is 371. The molecule has 0 saturated carbocycles. The molecule has 20 heavy (non-hydrogen) atoms. The van der Waals surface area contributed by atoms with Crippen LogP contribution in [0.3, 0.4) is 0 Å². The fraction of sp³-hybridized carbons (Fsp3) is 0.867. The van der Waals surface area contributed by atoms with Crippen molar-refractivity contribution >= 4 is 11.9 Å². The van der Waals surface area contributed by atoms with Crippen molar-refractivity contribution in [1.82, 2.24) is 4.90 Å². The van der Waals surface area contributed by atoms with E-state index in [1.165, 1.54) is 7.11 Å². The van der Waals surface area contributed by atoms with Crippen LogP contribution in [0.1, 0.15) is 47.5 Å². The van der Waals surface area contributed by atoms with Gasteiger partial charge in [-0.3, -0.25) is 14.5 Å². The van der Waals surface area contributed by atoms with Crippen LogP contribution in [0.5, 0.6) is 0 Å². The van der Waals surface area contributed by atoms with Gasteiger partial charge in [0.1, 0.15) is 11.6 Å². The highest BCUT2D eigenvalue weighted by atomic mass is 16.6. The first kappa shape index (κ1) is 17.0. The van der Waals surface area contributed by atoms with E-state index in [1.807, 2.05) is 39.5 Å². The molecular weight excluding hydrogens is 258 g/mol. The van der Waals surface area contributed by atoms with Crippen LogP contribution in [0.2, 0.25) is 0 Å². The van der Waals surface area contributed by atoms with Crippen molar-refractivity contribution < 1.29 is 19.1 Å². The lowest BCUT2D eigenvalue weighted by atomic mass is 9.92. The zero-order valence-corrected chi connectivity index (χ0v) is 13.5. The van der Waals surface area contributed by atoms with Crippen molar-refractivity contribution in [1.29, 1.82) is 0 Å². The first-order valence-electron chi connectivity index (χ1n) is 7.12. The molecule has 0 unspecified atom stereocenters. The van der Waals surface area contributed by atoms with E-state index in [0.29, 0.717) is 6.54 Å². The van der Waals surface area contributed by atoms with Crippen LogP contribution < -0.4 is 0 Å². The van der Waals surface area contributed by atoms with E-state index in [1.54, 1.807) is 0 Å². The van der Waals surface area contributed by atoms with Crippen molar-refractivity contribution in [3.63, 3.8) is 0 Å². The van der Waals surface area contributed by atoms with Crippen molar-refractivity contribution in [3.05, 3.63) is 0 Å². The largest absolute Gasteiger partial charge is 0.469 e. The summed E-state index contributed by atoms with van der Waals surface area (Å²) >= 11 is 0. The number of hydrogen-bond acceptors (Lipinski definition) is 5. The maximum Gasteiger partial charge on any atom is 0.323 e. The molecule has 5 nitrogen and oxygen atoms in total. The van der Waals surface area contributed by atoms with Gasteiger partial charge >= 0.3 is 11.9 Å². The Balaban J connectivity index is 2.70. The Labute approximate surface area is 121 Å². The van der Waals surface area contributed by atoms with E-state index in [0.717, 1.165) is 19.4 Å². The van der Waals surface area contributed by atoms with Gasteiger partial charge in [-0.25, -0.2) is 0 Å². The highest BCUT2D eigenvalue weighted by molar-refractivity contribution is 5.78. The summed E-state index contributed by atoms with van der Waals surface area (Å²) in [5, 5.41) is 0. The van der Waals surface area contributed by atoms with Crippen LogP contribution in [-0.2, 0) is 19.1 Å². The lowest BCUT2D eigenvalue weighted by Gasteiger charge is -2.32. The molecule has 0 N–H and O–H groups in total. The predicted octanol–water partition coefficient (Wildman–Crippen LogP) is 1.99. The maximum absolute atomic E-state index is 12.2. The Morgan fingerprint density at radius 2 is 1.80 bits per heavy atom. The molecule has 1 fully saturated rings. The minimum Gasteiger partial charge on any atom is -0.469 e. The average Bonchev–Trinajstić information content (AvgIpc) is 2.72. The second-order valence-corrected chi connectivity index (χ2v) is 7.04. The molecule has 0 aromatic carbocycles. The van der Waals surface area contributed by atoms with Crippen molar-refractivity contribution in [2.75, 3.05) is 20.2 Å². The molecule has 1 rings (SSSR count). The molecule has 1 saturated heterocycles. The Hall–Kier alpha value is -1.10. The van der Waals surface area contributed by atoms with Crippen LogP contribution in [0.25, 0.3) is 0 Å². The van der Waals surface area contributed by atoms with Gasteiger partial charge in [-0.15, -0.1) is 0 Å². The van der Waals surface area contributed by atoms with Crippen LogP contribution >= 0.6 is 0 Å². The molecule has 5 heteroatoms. The van der Waals surface area contributed by atoms with E-state index in [9.17, 15) is 9.59 Å². The normalized spacial score (nSPS) is 20.8. The molecule has 0 aromatic heterocycles. The smallest absolute Gasteiger partial charge is 0.323 e. The third-order valence-electron chi connectivity index (χ3n) is 3.38. The summed E-state index contributed by atoms with van der Waals surface area (Å²) in [6.07, 6.45) is 1.73. The molecule has 1 atom stereocenters. The van der Waals surface area contributed by atoms with Gasteiger partial charge in [0.2, 0.25) is 0 Å². The number of ether oxygens (including phenoxy) is 2. The Morgan fingerprint density at radius 1 is 1.20 bits per heavy atom. The van der Waals surface area contributed by atoms with Gasteiger partial charge in [-0.05, 0) is 54.0 Å². The van der Waals surface area contributed by atoms with E-state index in [2.05, 4.69) is 0 Å². The lowest BCUT2D eigenvalue weighted by Crippen LogP contribution is -2.46. The summed E-state index contributed by atoms with van der Waals surface area (Å²) < 4.78 is 10.3. The van der Waals surface area contributed by atoms with E-state index < -0.39 is 11.0 Å². The maximum atomic E-state index is 12.2. The summed E-state index contributed by atoms with van der Waals surface area (Å²) in [5.41, 5.74) is -1.11. The minimum absolute atomic E-state index is 0.198. The SMILES string of the molecule is COC(=O)C(C)(C)CN1CCC[C@H]1C(=O)OC(C)(C)C. The summed E-state index contributed by atoms with van der Waals surface area (Å²) in [6, 6.07) is -0.252. The number of esters is 2. The zero-order valence-electron chi connectivity index (χ0n) is 13.5. The van der Waals surface area contributed by atoms with Crippen molar-refractivity contribution in [2.45, 2.75) is 59.1 Å². The monoisotopic (exact) mass is 285 g/mol. The Morgan fingerprint density at radius 3 is 2.30 bits per heavy atom. The molecule has 0 aromatic rings. The quantitative estimate of drug-likeness (QED) is 0.739. The van der Waals surface area contributed by atoms with E-state index in [-0.39, 0.29) is 18.0 Å². The summed E-state index contributed by atoms with van der Waals surface area (Å²) in [4.78, 5) is 26.0. The van der Waals surface area contributed by atoms with Crippen molar-refractivity contribution in [2.24, 2.45) is 5.41 Å². The number of methoxy groups -OCH3 is 1. The molecule has 0 aliphatic carbocycles. The lowest BCUT2D eigenvalue weighted by molar-refractivity contribution is -0.162. The predicted molar refractivity (Wildman–Crippen MR) is 76.2 cm³/mol. The standard InChI is InChI=1S/C15H27NO4/c1-14(2,3)20-12(17)11-8-7-9-16(11)10-15(4,5)13(18)19-6/h11H,7-10H2,1-6H3/t11-/m0/s1. The molecular formula is C15H27NO4.